The van der Waals surface area contributed by atoms with Gasteiger partial charge in [-0.1, -0.05) is 19.9 Å². The van der Waals surface area contributed by atoms with E-state index in [9.17, 15) is 9.90 Å². The molecular formula is C18H26N4O2. The summed E-state index contributed by atoms with van der Waals surface area (Å²) in [7, 11) is 0. The average molecular weight is 330 g/mol. The molecule has 1 atom stereocenters. The van der Waals surface area contributed by atoms with Crippen LogP contribution in [-0.2, 0) is 13.1 Å². The van der Waals surface area contributed by atoms with Gasteiger partial charge in [-0.3, -0.25) is 14.5 Å². The minimum absolute atomic E-state index is 0.0722. The van der Waals surface area contributed by atoms with Gasteiger partial charge in [-0.2, -0.15) is 5.10 Å². The highest BCUT2D eigenvalue weighted by Crippen LogP contribution is 2.17. The molecule has 130 valence electrons. The minimum atomic E-state index is -0.242. The van der Waals surface area contributed by atoms with Crippen molar-refractivity contribution in [2.24, 2.45) is 0 Å². The van der Waals surface area contributed by atoms with Crippen LogP contribution < -0.4 is 0 Å². The Morgan fingerprint density at radius 3 is 2.75 bits per heavy atom. The molecule has 0 saturated carbocycles. The highest BCUT2D eigenvalue weighted by atomic mass is 16.3. The van der Waals surface area contributed by atoms with Gasteiger partial charge in [0.2, 0.25) is 0 Å². The zero-order valence-corrected chi connectivity index (χ0v) is 14.6. The van der Waals surface area contributed by atoms with Crippen molar-refractivity contribution >= 4 is 5.91 Å². The summed E-state index contributed by atoms with van der Waals surface area (Å²) in [6, 6.07) is 5.39. The molecule has 0 aliphatic carbocycles. The molecule has 0 saturated heterocycles. The smallest absolute Gasteiger partial charge is 0.258 e. The van der Waals surface area contributed by atoms with Gasteiger partial charge in [-0.15, -0.1) is 0 Å². The quantitative estimate of drug-likeness (QED) is 0.807. The molecule has 1 N–H and O–H groups in total. The van der Waals surface area contributed by atoms with Crippen LogP contribution in [-0.4, -0.2) is 43.3 Å². The summed E-state index contributed by atoms with van der Waals surface area (Å²) in [6.07, 6.45) is 5.15. The first-order valence-corrected chi connectivity index (χ1v) is 8.46. The Morgan fingerprint density at radius 2 is 2.17 bits per heavy atom. The van der Waals surface area contributed by atoms with Crippen LogP contribution in [0.15, 0.2) is 30.6 Å². The number of nitrogens with zero attached hydrogens (tertiary/aromatic N) is 4. The molecule has 0 aromatic carbocycles. The Labute approximate surface area is 143 Å². The standard InChI is InChI=1S/C18H26N4O2/c1-4-10-21-12-17(14(3)20-21)18(24)22(16(5-2)13-23)11-15-8-6-7-9-19-15/h6-9,12,16,23H,4-5,10-11,13H2,1-3H3/t16-/m0/s1. The fourth-order valence-corrected chi connectivity index (χ4v) is 2.71. The molecule has 2 aromatic rings. The lowest BCUT2D eigenvalue weighted by atomic mass is 10.1. The summed E-state index contributed by atoms with van der Waals surface area (Å²) in [4.78, 5) is 19.1. The van der Waals surface area contributed by atoms with Crippen molar-refractivity contribution in [1.29, 1.82) is 0 Å². The SMILES string of the molecule is CCCn1cc(C(=O)N(Cc2ccccn2)[C@@H](CC)CO)c(C)n1. The Bertz CT molecular complexity index is 650. The number of aliphatic hydroxyl groups excluding tert-OH is 1. The monoisotopic (exact) mass is 330 g/mol. The Morgan fingerprint density at radius 1 is 1.38 bits per heavy atom. The Kier molecular flexibility index (Phi) is 6.49. The number of carbonyl (C=O) groups is 1. The van der Waals surface area contributed by atoms with Crippen molar-refractivity contribution in [2.75, 3.05) is 6.61 Å². The van der Waals surface area contributed by atoms with Crippen molar-refractivity contribution in [1.82, 2.24) is 19.7 Å². The lowest BCUT2D eigenvalue weighted by Crippen LogP contribution is -2.42. The van der Waals surface area contributed by atoms with Crippen molar-refractivity contribution in [3.63, 3.8) is 0 Å². The molecule has 0 aliphatic rings. The van der Waals surface area contributed by atoms with E-state index >= 15 is 0 Å². The van der Waals surface area contributed by atoms with Gasteiger partial charge in [0.1, 0.15) is 0 Å². The van der Waals surface area contributed by atoms with Crippen LogP contribution in [0.3, 0.4) is 0 Å². The number of pyridine rings is 1. The Balaban J connectivity index is 2.30. The molecule has 6 nitrogen and oxygen atoms in total. The number of aromatic nitrogens is 3. The molecule has 0 bridgehead atoms. The summed E-state index contributed by atoms with van der Waals surface area (Å²) in [5.41, 5.74) is 2.11. The van der Waals surface area contributed by atoms with E-state index in [1.165, 1.54) is 0 Å². The number of carbonyl (C=O) groups excluding carboxylic acids is 1. The number of aryl methyl sites for hydroxylation is 2. The number of rotatable bonds is 8. The Hall–Kier alpha value is -2.21. The largest absolute Gasteiger partial charge is 0.394 e. The molecule has 0 radical (unpaired) electrons. The lowest BCUT2D eigenvalue weighted by Gasteiger charge is -2.29. The maximum absolute atomic E-state index is 13.1. The summed E-state index contributed by atoms with van der Waals surface area (Å²) in [5, 5.41) is 14.1. The van der Waals surface area contributed by atoms with E-state index < -0.39 is 0 Å². The van der Waals surface area contributed by atoms with Crippen LogP contribution in [0.1, 0.15) is 48.4 Å². The van der Waals surface area contributed by atoms with Gasteiger partial charge in [-0.05, 0) is 31.9 Å². The maximum atomic E-state index is 13.1. The van der Waals surface area contributed by atoms with Gasteiger partial charge >= 0.3 is 0 Å². The predicted molar refractivity (Wildman–Crippen MR) is 92.5 cm³/mol. The second-order valence-electron chi connectivity index (χ2n) is 5.89. The van der Waals surface area contributed by atoms with Crippen molar-refractivity contribution in [2.45, 2.75) is 52.7 Å². The molecule has 0 aliphatic heterocycles. The fourth-order valence-electron chi connectivity index (χ4n) is 2.71. The molecule has 2 rings (SSSR count). The molecular weight excluding hydrogens is 304 g/mol. The number of hydrogen-bond donors (Lipinski definition) is 1. The number of aliphatic hydroxyl groups is 1. The van der Waals surface area contributed by atoms with Gasteiger partial charge in [-0.25, -0.2) is 0 Å². The van der Waals surface area contributed by atoms with Gasteiger partial charge in [0.05, 0.1) is 36.1 Å². The van der Waals surface area contributed by atoms with Gasteiger partial charge in [0.25, 0.3) is 5.91 Å². The third-order valence-electron chi connectivity index (χ3n) is 4.07. The molecule has 24 heavy (non-hydrogen) atoms. The fraction of sp³-hybridized carbons (Fsp3) is 0.500. The average Bonchev–Trinajstić information content (AvgIpc) is 2.96. The van der Waals surface area contributed by atoms with E-state index in [0.717, 1.165) is 18.7 Å². The predicted octanol–water partition coefficient (Wildman–Crippen LogP) is 2.41. The molecule has 1 amide bonds. The highest BCUT2D eigenvalue weighted by Gasteiger charge is 2.26. The third-order valence-corrected chi connectivity index (χ3v) is 4.07. The van der Waals surface area contributed by atoms with Crippen LogP contribution >= 0.6 is 0 Å². The van der Waals surface area contributed by atoms with Crippen molar-refractivity contribution < 1.29 is 9.90 Å². The third kappa shape index (κ3) is 4.20. The summed E-state index contributed by atoms with van der Waals surface area (Å²) >= 11 is 0. The van der Waals surface area contributed by atoms with E-state index in [2.05, 4.69) is 17.0 Å². The molecule has 0 fully saturated rings. The number of hydrogen-bond acceptors (Lipinski definition) is 4. The van der Waals surface area contributed by atoms with Gasteiger partial charge < -0.3 is 10.0 Å². The first kappa shape index (κ1) is 18.1. The first-order chi connectivity index (χ1) is 11.6. The van der Waals surface area contributed by atoms with E-state index in [1.54, 1.807) is 22.0 Å². The zero-order chi connectivity index (χ0) is 17.5. The van der Waals surface area contributed by atoms with E-state index in [0.29, 0.717) is 24.2 Å². The maximum Gasteiger partial charge on any atom is 0.258 e. The summed E-state index contributed by atoms with van der Waals surface area (Å²) in [6.45, 7) is 6.97. The minimum Gasteiger partial charge on any atom is -0.394 e. The van der Waals surface area contributed by atoms with Crippen LogP contribution in [0, 0.1) is 6.92 Å². The summed E-state index contributed by atoms with van der Waals surface area (Å²) in [5.74, 6) is -0.110. The van der Waals surface area contributed by atoms with E-state index in [-0.39, 0.29) is 18.6 Å². The zero-order valence-electron chi connectivity index (χ0n) is 14.6. The normalized spacial score (nSPS) is 12.2. The van der Waals surface area contributed by atoms with Crippen molar-refractivity contribution in [3.8, 4) is 0 Å². The van der Waals surface area contributed by atoms with Crippen LogP contribution in [0.4, 0.5) is 0 Å². The van der Waals surface area contributed by atoms with E-state index in [4.69, 9.17) is 0 Å². The lowest BCUT2D eigenvalue weighted by molar-refractivity contribution is 0.0559. The molecule has 0 unspecified atom stereocenters. The van der Waals surface area contributed by atoms with Crippen molar-refractivity contribution in [3.05, 3.63) is 47.5 Å². The molecule has 2 heterocycles. The number of amides is 1. The topological polar surface area (TPSA) is 71.2 Å². The second-order valence-corrected chi connectivity index (χ2v) is 5.89. The van der Waals surface area contributed by atoms with Crippen LogP contribution in [0.2, 0.25) is 0 Å². The highest BCUT2D eigenvalue weighted by molar-refractivity contribution is 5.95. The van der Waals surface area contributed by atoms with Crippen LogP contribution in [0.25, 0.3) is 0 Å². The van der Waals surface area contributed by atoms with Crippen LogP contribution in [0.5, 0.6) is 0 Å². The van der Waals surface area contributed by atoms with E-state index in [1.807, 2.05) is 32.0 Å². The van der Waals surface area contributed by atoms with Gasteiger partial charge in [0, 0.05) is 18.9 Å². The second kappa shape index (κ2) is 8.59. The first-order valence-electron chi connectivity index (χ1n) is 8.46. The molecule has 2 aromatic heterocycles. The van der Waals surface area contributed by atoms with Gasteiger partial charge in [0.15, 0.2) is 0 Å². The molecule has 0 spiro atoms. The summed E-state index contributed by atoms with van der Waals surface area (Å²) < 4.78 is 1.81. The molecule has 6 heteroatoms.